The van der Waals surface area contributed by atoms with Gasteiger partial charge in [0, 0.05) is 25.9 Å². The van der Waals surface area contributed by atoms with Gasteiger partial charge in [0.25, 0.3) is 0 Å². The number of hydrogen-bond acceptors (Lipinski definition) is 3. The molecule has 0 radical (unpaired) electrons. The zero-order chi connectivity index (χ0) is 14.7. The summed E-state index contributed by atoms with van der Waals surface area (Å²) in [5.74, 6) is 0.670. The van der Waals surface area contributed by atoms with Crippen LogP contribution in [-0.4, -0.2) is 28.9 Å². The molecule has 1 aromatic heterocycles. The second kappa shape index (κ2) is 6.08. The highest BCUT2D eigenvalue weighted by Crippen LogP contribution is 2.23. The van der Waals surface area contributed by atoms with Gasteiger partial charge in [-0.25, -0.2) is 9.37 Å². The molecule has 0 unspecified atom stereocenters. The molecular formula is C16H17FN2O2. The third-order valence-electron chi connectivity index (χ3n) is 3.70. The van der Waals surface area contributed by atoms with Crippen LogP contribution in [0.2, 0.25) is 0 Å². The van der Waals surface area contributed by atoms with E-state index in [0.717, 1.165) is 25.9 Å². The van der Waals surface area contributed by atoms with E-state index in [1.54, 1.807) is 18.2 Å². The largest absolute Gasteiger partial charge is 0.441 e. The van der Waals surface area contributed by atoms with Crippen molar-refractivity contribution in [2.75, 3.05) is 13.1 Å². The Balaban J connectivity index is 1.63. The Bertz CT molecular complexity index is 633. The lowest BCUT2D eigenvalue weighted by atomic mass is 10.2. The van der Waals surface area contributed by atoms with Crippen LogP contribution in [0, 0.1) is 5.82 Å². The maximum Gasteiger partial charge on any atom is 0.223 e. The zero-order valence-corrected chi connectivity index (χ0v) is 11.7. The van der Waals surface area contributed by atoms with E-state index in [9.17, 15) is 9.18 Å². The molecule has 1 fully saturated rings. The summed E-state index contributed by atoms with van der Waals surface area (Å²) in [6.45, 7) is 1.70. The summed E-state index contributed by atoms with van der Waals surface area (Å²) >= 11 is 0. The quantitative estimate of drug-likeness (QED) is 0.868. The standard InChI is InChI=1S/C16H17FN2O2/c17-13-6-2-1-5-12(13)14-11-18-15(21-14)7-8-16(20)19-9-3-4-10-19/h1-2,5-6,11H,3-4,7-10H2. The monoisotopic (exact) mass is 288 g/mol. The summed E-state index contributed by atoms with van der Waals surface area (Å²) in [5, 5.41) is 0. The van der Waals surface area contributed by atoms with Gasteiger partial charge >= 0.3 is 0 Å². The minimum absolute atomic E-state index is 0.137. The number of amides is 1. The minimum atomic E-state index is -0.339. The van der Waals surface area contributed by atoms with E-state index in [2.05, 4.69) is 4.98 Å². The summed E-state index contributed by atoms with van der Waals surface area (Å²) < 4.78 is 19.2. The fraction of sp³-hybridized carbons (Fsp3) is 0.375. The lowest BCUT2D eigenvalue weighted by Crippen LogP contribution is -2.27. The Morgan fingerprint density at radius 2 is 2.05 bits per heavy atom. The molecule has 0 aliphatic carbocycles. The number of aryl methyl sites for hydroxylation is 1. The van der Waals surface area contributed by atoms with Crippen molar-refractivity contribution in [2.45, 2.75) is 25.7 Å². The molecule has 0 saturated carbocycles. The first kappa shape index (κ1) is 13.8. The lowest BCUT2D eigenvalue weighted by molar-refractivity contribution is -0.130. The van der Waals surface area contributed by atoms with Gasteiger partial charge in [-0.15, -0.1) is 0 Å². The Morgan fingerprint density at radius 3 is 2.81 bits per heavy atom. The van der Waals surface area contributed by atoms with E-state index < -0.39 is 0 Å². The number of carbonyl (C=O) groups is 1. The second-order valence-corrected chi connectivity index (χ2v) is 5.19. The molecule has 1 aliphatic heterocycles. The van der Waals surface area contributed by atoms with Crippen LogP contribution in [0.4, 0.5) is 4.39 Å². The highest BCUT2D eigenvalue weighted by molar-refractivity contribution is 5.76. The van der Waals surface area contributed by atoms with Crippen molar-refractivity contribution in [3.8, 4) is 11.3 Å². The number of halogens is 1. The van der Waals surface area contributed by atoms with E-state index in [0.29, 0.717) is 30.1 Å². The summed E-state index contributed by atoms with van der Waals surface area (Å²) in [4.78, 5) is 17.9. The second-order valence-electron chi connectivity index (χ2n) is 5.19. The van der Waals surface area contributed by atoms with Crippen LogP contribution in [-0.2, 0) is 11.2 Å². The number of hydrogen-bond donors (Lipinski definition) is 0. The molecule has 21 heavy (non-hydrogen) atoms. The first-order valence-corrected chi connectivity index (χ1v) is 7.21. The molecule has 2 aromatic rings. The van der Waals surface area contributed by atoms with Gasteiger partial charge in [0.05, 0.1) is 11.8 Å². The molecule has 1 amide bonds. The Labute approximate surface area is 122 Å². The minimum Gasteiger partial charge on any atom is -0.441 e. The molecule has 3 rings (SSSR count). The van der Waals surface area contributed by atoms with Gasteiger partial charge in [0.2, 0.25) is 5.91 Å². The van der Waals surface area contributed by atoms with Crippen molar-refractivity contribution in [3.63, 3.8) is 0 Å². The normalized spacial score (nSPS) is 14.6. The molecule has 1 aliphatic rings. The maximum atomic E-state index is 13.7. The summed E-state index contributed by atoms with van der Waals surface area (Å²) in [5.41, 5.74) is 0.391. The number of carbonyl (C=O) groups excluding carboxylic acids is 1. The van der Waals surface area contributed by atoms with Crippen molar-refractivity contribution in [2.24, 2.45) is 0 Å². The molecule has 2 heterocycles. The van der Waals surface area contributed by atoms with Crippen molar-refractivity contribution in [1.29, 1.82) is 0 Å². The van der Waals surface area contributed by atoms with Crippen molar-refractivity contribution in [3.05, 3.63) is 42.2 Å². The molecule has 0 N–H and O–H groups in total. The third kappa shape index (κ3) is 3.12. The SMILES string of the molecule is O=C(CCc1ncc(-c2ccccc2F)o1)N1CCCC1. The van der Waals surface area contributed by atoms with E-state index in [4.69, 9.17) is 4.42 Å². The van der Waals surface area contributed by atoms with E-state index in [1.165, 1.54) is 12.3 Å². The van der Waals surface area contributed by atoms with Gasteiger partial charge in [-0.3, -0.25) is 4.79 Å². The molecule has 110 valence electrons. The first-order valence-electron chi connectivity index (χ1n) is 7.21. The highest BCUT2D eigenvalue weighted by atomic mass is 19.1. The Kier molecular flexibility index (Phi) is 3.99. The van der Waals surface area contributed by atoms with Crippen LogP contribution in [0.5, 0.6) is 0 Å². The average Bonchev–Trinajstić information content (AvgIpc) is 3.17. The van der Waals surface area contributed by atoms with E-state index in [1.807, 2.05) is 4.90 Å². The van der Waals surface area contributed by atoms with Crippen LogP contribution < -0.4 is 0 Å². The van der Waals surface area contributed by atoms with Gasteiger partial charge in [-0.2, -0.15) is 0 Å². The number of benzene rings is 1. The van der Waals surface area contributed by atoms with Gasteiger partial charge in [-0.1, -0.05) is 12.1 Å². The fourth-order valence-electron chi connectivity index (χ4n) is 2.55. The first-order chi connectivity index (χ1) is 10.2. The van der Waals surface area contributed by atoms with Crippen molar-refractivity contribution in [1.82, 2.24) is 9.88 Å². The van der Waals surface area contributed by atoms with Crippen molar-refractivity contribution >= 4 is 5.91 Å². The lowest BCUT2D eigenvalue weighted by Gasteiger charge is -2.14. The summed E-state index contributed by atoms with van der Waals surface area (Å²) in [7, 11) is 0. The highest BCUT2D eigenvalue weighted by Gasteiger charge is 2.18. The molecule has 0 bridgehead atoms. The Hall–Kier alpha value is -2.17. The van der Waals surface area contributed by atoms with E-state index in [-0.39, 0.29) is 11.7 Å². The van der Waals surface area contributed by atoms with Gasteiger partial charge in [0.15, 0.2) is 11.7 Å². The third-order valence-corrected chi connectivity index (χ3v) is 3.70. The predicted octanol–water partition coefficient (Wildman–Crippen LogP) is 3.04. The zero-order valence-electron chi connectivity index (χ0n) is 11.7. The van der Waals surface area contributed by atoms with Crippen LogP contribution >= 0.6 is 0 Å². The summed E-state index contributed by atoms with van der Waals surface area (Å²) in [6, 6.07) is 6.41. The summed E-state index contributed by atoms with van der Waals surface area (Å²) in [6.07, 6.45) is 4.51. The number of nitrogens with zero attached hydrogens (tertiary/aromatic N) is 2. The van der Waals surface area contributed by atoms with Crippen LogP contribution in [0.3, 0.4) is 0 Å². The number of rotatable bonds is 4. The molecule has 0 spiro atoms. The number of likely N-dealkylation sites (tertiary alicyclic amines) is 1. The fourth-order valence-corrected chi connectivity index (χ4v) is 2.55. The predicted molar refractivity (Wildman–Crippen MR) is 76.0 cm³/mol. The van der Waals surface area contributed by atoms with Crippen LogP contribution in [0.1, 0.15) is 25.2 Å². The number of oxazole rings is 1. The average molecular weight is 288 g/mol. The molecule has 4 nitrogen and oxygen atoms in total. The van der Waals surface area contributed by atoms with Crippen LogP contribution in [0.15, 0.2) is 34.9 Å². The van der Waals surface area contributed by atoms with Gasteiger partial charge in [-0.05, 0) is 25.0 Å². The van der Waals surface area contributed by atoms with Gasteiger partial charge in [0.1, 0.15) is 5.82 Å². The molecular weight excluding hydrogens is 271 g/mol. The van der Waals surface area contributed by atoms with Crippen molar-refractivity contribution < 1.29 is 13.6 Å². The molecule has 0 atom stereocenters. The smallest absolute Gasteiger partial charge is 0.223 e. The van der Waals surface area contributed by atoms with Gasteiger partial charge < -0.3 is 9.32 Å². The molecule has 5 heteroatoms. The topological polar surface area (TPSA) is 46.3 Å². The Morgan fingerprint density at radius 1 is 1.29 bits per heavy atom. The molecule has 1 saturated heterocycles. The van der Waals surface area contributed by atoms with E-state index >= 15 is 0 Å². The molecule has 1 aromatic carbocycles. The van der Waals surface area contributed by atoms with Crippen LogP contribution in [0.25, 0.3) is 11.3 Å². The number of aromatic nitrogens is 1. The maximum absolute atomic E-state index is 13.7.